The van der Waals surface area contributed by atoms with E-state index in [1.165, 1.54) is 28.6 Å². The van der Waals surface area contributed by atoms with E-state index in [1.807, 2.05) is 12.1 Å². The summed E-state index contributed by atoms with van der Waals surface area (Å²) in [5, 5.41) is 5.75. The molecule has 0 saturated carbocycles. The highest BCUT2D eigenvalue weighted by Gasteiger charge is 2.33. The molecule has 1 saturated heterocycles. The first-order valence-electron chi connectivity index (χ1n) is 11.2. The molecule has 0 radical (unpaired) electrons. The standard InChI is InChI=1S/C25H21F3N6OS/c1-29-19-5-4-17(20(13-19)25(26,27)28)15-34-21-6-3-16(11-18(21)14-30-34)12-22-23(35)31-24(36-22)33-9-7-32(2)8-10-33/h3-6,11-14H,7-10,15H2,2H3/b22-12-. The van der Waals surface area contributed by atoms with Crippen LogP contribution in [0.5, 0.6) is 0 Å². The highest BCUT2D eigenvalue weighted by Crippen LogP contribution is 2.35. The smallest absolute Gasteiger partial charge is 0.348 e. The Morgan fingerprint density at radius 2 is 1.92 bits per heavy atom. The van der Waals surface area contributed by atoms with Crippen molar-refractivity contribution in [1.29, 1.82) is 0 Å². The number of likely N-dealkylation sites (N-methyl/N-ethyl adjacent to an activating group) is 1. The zero-order chi connectivity index (χ0) is 25.4. The number of rotatable bonds is 3. The molecule has 3 heterocycles. The first-order valence-corrected chi connectivity index (χ1v) is 12.0. The van der Waals surface area contributed by atoms with E-state index in [1.54, 1.807) is 18.3 Å². The number of aliphatic imine (C=N–C) groups is 1. The molecule has 0 bridgehead atoms. The van der Waals surface area contributed by atoms with Crippen LogP contribution >= 0.6 is 11.8 Å². The first kappa shape index (κ1) is 24.1. The van der Waals surface area contributed by atoms with Gasteiger partial charge in [0.15, 0.2) is 10.9 Å². The number of thioether (sulfide) groups is 1. The molecule has 1 aromatic heterocycles. The van der Waals surface area contributed by atoms with Gasteiger partial charge in [0.25, 0.3) is 5.91 Å². The Balaban J connectivity index is 1.36. The van der Waals surface area contributed by atoms with Crippen LogP contribution in [0.2, 0.25) is 0 Å². The fourth-order valence-corrected chi connectivity index (χ4v) is 5.17. The molecule has 7 nitrogen and oxygen atoms in total. The molecule has 184 valence electrons. The maximum atomic E-state index is 13.6. The molecule has 11 heteroatoms. The lowest BCUT2D eigenvalue weighted by molar-refractivity contribution is -0.138. The van der Waals surface area contributed by atoms with Crippen LogP contribution in [0, 0.1) is 6.57 Å². The summed E-state index contributed by atoms with van der Waals surface area (Å²) in [6.45, 7) is 10.4. The second kappa shape index (κ2) is 9.44. The van der Waals surface area contributed by atoms with Crippen molar-refractivity contribution in [3.63, 3.8) is 0 Å². The first-order chi connectivity index (χ1) is 17.2. The molecule has 1 amide bonds. The average molecular weight is 511 g/mol. The fourth-order valence-electron chi connectivity index (χ4n) is 4.20. The molecule has 2 aromatic carbocycles. The molecule has 0 N–H and O–H groups in total. The van der Waals surface area contributed by atoms with Crippen molar-refractivity contribution in [3.05, 3.63) is 75.6 Å². The molecular formula is C25H21F3N6OS. The molecular weight excluding hydrogens is 489 g/mol. The lowest BCUT2D eigenvalue weighted by Crippen LogP contribution is -2.46. The minimum atomic E-state index is -4.57. The molecule has 0 spiro atoms. The predicted molar refractivity (Wildman–Crippen MR) is 134 cm³/mol. The molecule has 0 atom stereocenters. The molecule has 36 heavy (non-hydrogen) atoms. The summed E-state index contributed by atoms with van der Waals surface area (Å²) in [5.74, 6) is -0.271. The molecule has 2 aliphatic heterocycles. The number of piperazine rings is 1. The number of aromatic nitrogens is 2. The fraction of sp³-hybridized carbons (Fsp3) is 0.280. The third-order valence-corrected chi connectivity index (χ3v) is 7.24. The topological polar surface area (TPSA) is 58.1 Å². The van der Waals surface area contributed by atoms with Crippen LogP contribution in [0.4, 0.5) is 18.9 Å². The predicted octanol–water partition coefficient (Wildman–Crippen LogP) is 4.87. The zero-order valence-electron chi connectivity index (χ0n) is 19.3. The summed E-state index contributed by atoms with van der Waals surface area (Å²) in [5.41, 5.74) is 0.583. The molecule has 5 rings (SSSR count). The van der Waals surface area contributed by atoms with E-state index < -0.39 is 11.7 Å². The second-order valence-electron chi connectivity index (χ2n) is 8.67. The van der Waals surface area contributed by atoms with Gasteiger partial charge in [-0.3, -0.25) is 9.48 Å². The highest BCUT2D eigenvalue weighted by atomic mass is 32.2. The summed E-state index contributed by atoms with van der Waals surface area (Å²) in [4.78, 5) is 24.7. The van der Waals surface area contributed by atoms with Gasteiger partial charge >= 0.3 is 6.18 Å². The molecule has 3 aromatic rings. The van der Waals surface area contributed by atoms with Crippen molar-refractivity contribution >= 4 is 45.5 Å². The summed E-state index contributed by atoms with van der Waals surface area (Å²) in [6.07, 6.45) is -1.20. The van der Waals surface area contributed by atoms with E-state index >= 15 is 0 Å². The van der Waals surface area contributed by atoms with Crippen LogP contribution in [0.3, 0.4) is 0 Å². The van der Waals surface area contributed by atoms with Crippen molar-refractivity contribution < 1.29 is 18.0 Å². The summed E-state index contributed by atoms with van der Waals surface area (Å²) in [7, 11) is 2.07. The van der Waals surface area contributed by atoms with Gasteiger partial charge in [-0.25, -0.2) is 4.85 Å². The van der Waals surface area contributed by atoms with E-state index in [0.717, 1.165) is 48.4 Å². The van der Waals surface area contributed by atoms with Gasteiger partial charge in [-0.05, 0) is 54.2 Å². The zero-order valence-corrected chi connectivity index (χ0v) is 20.1. The van der Waals surface area contributed by atoms with E-state index in [4.69, 9.17) is 6.57 Å². The minimum Gasteiger partial charge on any atom is -0.348 e. The van der Waals surface area contributed by atoms with Gasteiger partial charge in [0.2, 0.25) is 0 Å². The van der Waals surface area contributed by atoms with E-state index in [0.29, 0.717) is 10.4 Å². The average Bonchev–Trinajstić information content (AvgIpc) is 3.42. The number of hydrogen-bond acceptors (Lipinski definition) is 5. The number of nitrogens with zero attached hydrogens (tertiary/aromatic N) is 6. The van der Waals surface area contributed by atoms with Gasteiger partial charge < -0.3 is 9.80 Å². The number of halogens is 3. The van der Waals surface area contributed by atoms with E-state index in [9.17, 15) is 18.0 Å². The number of carbonyl (C=O) groups is 1. The van der Waals surface area contributed by atoms with Gasteiger partial charge in [-0.2, -0.15) is 23.3 Å². The number of amidine groups is 1. The number of hydrogen-bond donors (Lipinski definition) is 0. The summed E-state index contributed by atoms with van der Waals surface area (Å²) >= 11 is 1.36. The van der Waals surface area contributed by atoms with Crippen molar-refractivity contribution in [2.45, 2.75) is 12.7 Å². The van der Waals surface area contributed by atoms with Crippen molar-refractivity contribution in [2.75, 3.05) is 33.2 Å². The Bertz CT molecular complexity index is 1440. The Morgan fingerprint density at radius 3 is 2.64 bits per heavy atom. The molecule has 1 fully saturated rings. The number of benzene rings is 2. The minimum absolute atomic E-state index is 0.0348. The van der Waals surface area contributed by atoms with Crippen LogP contribution in [0.15, 0.2) is 52.5 Å². The largest absolute Gasteiger partial charge is 0.415 e. The summed E-state index contributed by atoms with van der Waals surface area (Å²) in [6, 6.07) is 9.00. The Hall–Kier alpha value is -3.62. The Morgan fingerprint density at radius 1 is 1.14 bits per heavy atom. The number of carbonyl (C=O) groups excluding carboxylic acids is 1. The van der Waals surface area contributed by atoms with Gasteiger partial charge in [0, 0.05) is 31.6 Å². The molecule has 0 aliphatic carbocycles. The maximum Gasteiger partial charge on any atom is 0.415 e. The highest BCUT2D eigenvalue weighted by molar-refractivity contribution is 8.18. The third kappa shape index (κ3) is 4.87. The number of amides is 1. The lowest BCUT2D eigenvalue weighted by atomic mass is 10.1. The van der Waals surface area contributed by atoms with Crippen LogP contribution in [-0.2, 0) is 17.5 Å². The van der Waals surface area contributed by atoms with Gasteiger partial charge in [0.1, 0.15) is 0 Å². The molecule has 2 aliphatic rings. The molecule has 0 unspecified atom stereocenters. The van der Waals surface area contributed by atoms with Gasteiger partial charge in [-0.15, -0.1) is 0 Å². The summed E-state index contributed by atoms with van der Waals surface area (Å²) < 4.78 is 42.2. The normalized spacial score (nSPS) is 18.2. The van der Waals surface area contributed by atoms with E-state index in [2.05, 4.69) is 31.8 Å². The number of alkyl halides is 3. The van der Waals surface area contributed by atoms with Crippen molar-refractivity contribution in [3.8, 4) is 0 Å². The van der Waals surface area contributed by atoms with Crippen molar-refractivity contribution in [2.24, 2.45) is 4.99 Å². The lowest BCUT2D eigenvalue weighted by Gasteiger charge is -2.32. The van der Waals surface area contributed by atoms with Crippen LogP contribution < -0.4 is 0 Å². The van der Waals surface area contributed by atoms with Gasteiger partial charge in [0.05, 0.1) is 35.3 Å². The Kier molecular flexibility index (Phi) is 6.32. The SMILES string of the molecule is [C-]#[N+]c1ccc(Cn2ncc3cc(/C=C4\SC(N5CCN(C)CC5)=NC4=O)ccc32)c(C(F)(F)F)c1. The number of fused-ring (bicyclic) bond motifs is 1. The Labute approximate surface area is 209 Å². The van der Waals surface area contributed by atoms with Crippen LogP contribution in [0.1, 0.15) is 16.7 Å². The monoisotopic (exact) mass is 510 g/mol. The van der Waals surface area contributed by atoms with Gasteiger partial charge in [-0.1, -0.05) is 18.2 Å². The third-order valence-electron chi connectivity index (χ3n) is 6.19. The second-order valence-corrected chi connectivity index (χ2v) is 9.68. The van der Waals surface area contributed by atoms with Crippen LogP contribution in [0.25, 0.3) is 21.8 Å². The van der Waals surface area contributed by atoms with Crippen molar-refractivity contribution in [1.82, 2.24) is 19.6 Å². The quantitative estimate of drug-likeness (QED) is 0.372. The van der Waals surface area contributed by atoms with Crippen LogP contribution in [-0.4, -0.2) is 63.9 Å². The van der Waals surface area contributed by atoms with E-state index in [-0.39, 0.29) is 23.7 Å². The maximum absolute atomic E-state index is 13.6.